The lowest BCUT2D eigenvalue weighted by Gasteiger charge is -2.43. The monoisotopic (exact) mass is 293 g/mol. The molecule has 0 atom stereocenters. The van der Waals surface area contributed by atoms with Crippen molar-refractivity contribution < 1.29 is 9.84 Å². The largest absolute Gasteiger partial charge is 0.396 e. The highest BCUT2D eigenvalue weighted by molar-refractivity contribution is 6.32. The molecule has 1 aromatic carbocycles. The zero-order valence-corrected chi connectivity index (χ0v) is 12.3. The molecule has 0 aliphatic carbocycles. The van der Waals surface area contributed by atoms with Crippen molar-refractivity contribution in [2.24, 2.45) is 5.41 Å². The summed E-state index contributed by atoms with van der Waals surface area (Å²) in [5.41, 5.74) is 2.45. The number of hydrogen-bond acceptors (Lipinski definition) is 3. The van der Waals surface area contributed by atoms with Gasteiger partial charge in [0.05, 0.1) is 25.2 Å². The van der Waals surface area contributed by atoms with Gasteiger partial charge < -0.3 is 9.84 Å². The number of aliphatic hydroxyl groups excluding tert-OH is 1. The number of ether oxygens (including phenoxy) is 1. The third kappa shape index (κ3) is 2.77. The molecule has 1 N–H and O–H groups in total. The van der Waals surface area contributed by atoms with Crippen LogP contribution >= 0.6 is 11.6 Å². The molecular formula is C16H20ClNO2. The standard InChI is InChI=1S/C16H20ClNO2/c17-15-4-2-1-3-14(15)13-5-7-18(8-6-13)9-16(10-19)11-20-12-16/h1-5,19H,6-12H2. The Labute approximate surface area is 124 Å². The van der Waals surface area contributed by atoms with Crippen LogP contribution in [-0.4, -0.2) is 49.5 Å². The van der Waals surface area contributed by atoms with Crippen molar-refractivity contribution in [3.05, 3.63) is 40.9 Å². The van der Waals surface area contributed by atoms with Crippen molar-refractivity contribution in [1.29, 1.82) is 0 Å². The molecule has 20 heavy (non-hydrogen) atoms. The molecule has 2 aliphatic heterocycles. The molecule has 1 fully saturated rings. The normalized spacial score (nSPS) is 22.2. The molecule has 0 aromatic heterocycles. The number of nitrogens with zero attached hydrogens (tertiary/aromatic N) is 1. The summed E-state index contributed by atoms with van der Waals surface area (Å²) in [4.78, 5) is 2.39. The number of benzene rings is 1. The summed E-state index contributed by atoms with van der Waals surface area (Å²) in [5.74, 6) is 0. The Bertz CT molecular complexity index is 505. The van der Waals surface area contributed by atoms with Crippen molar-refractivity contribution in [3.8, 4) is 0 Å². The van der Waals surface area contributed by atoms with E-state index in [0.29, 0.717) is 13.2 Å². The average molecular weight is 294 g/mol. The third-order valence-electron chi connectivity index (χ3n) is 4.22. The molecule has 2 heterocycles. The van der Waals surface area contributed by atoms with Gasteiger partial charge in [-0.15, -0.1) is 0 Å². The average Bonchev–Trinajstić information content (AvgIpc) is 2.44. The summed E-state index contributed by atoms with van der Waals surface area (Å²) in [5, 5.41) is 10.3. The summed E-state index contributed by atoms with van der Waals surface area (Å²) in [6, 6.07) is 8.01. The van der Waals surface area contributed by atoms with Crippen molar-refractivity contribution in [2.75, 3.05) is 39.5 Å². The van der Waals surface area contributed by atoms with Gasteiger partial charge >= 0.3 is 0 Å². The predicted octanol–water partition coefficient (Wildman–Crippen LogP) is 2.44. The molecule has 2 aliphatic rings. The number of hydrogen-bond donors (Lipinski definition) is 1. The van der Waals surface area contributed by atoms with Crippen LogP contribution in [0, 0.1) is 5.41 Å². The fraction of sp³-hybridized carbons (Fsp3) is 0.500. The maximum atomic E-state index is 9.49. The van der Waals surface area contributed by atoms with E-state index in [1.165, 1.54) is 5.57 Å². The lowest BCUT2D eigenvalue weighted by atomic mass is 9.85. The topological polar surface area (TPSA) is 32.7 Å². The predicted molar refractivity (Wildman–Crippen MR) is 80.8 cm³/mol. The molecule has 0 spiro atoms. The Kier molecular flexibility index (Phi) is 4.13. The van der Waals surface area contributed by atoms with Crippen LogP contribution in [0.3, 0.4) is 0 Å². The van der Waals surface area contributed by atoms with Gasteiger partial charge in [-0.25, -0.2) is 0 Å². The van der Waals surface area contributed by atoms with Gasteiger partial charge in [-0.1, -0.05) is 35.9 Å². The quantitative estimate of drug-likeness (QED) is 0.925. The lowest BCUT2D eigenvalue weighted by Crippen LogP contribution is -2.53. The fourth-order valence-electron chi connectivity index (χ4n) is 2.92. The van der Waals surface area contributed by atoms with E-state index in [4.69, 9.17) is 16.3 Å². The van der Waals surface area contributed by atoms with E-state index in [0.717, 1.165) is 36.6 Å². The van der Waals surface area contributed by atoms with Gasteiger partial charge in [0.1, 0.15) is 0 Å². The van der Waals surface area contributed by atoms with Gasteiger partial charge in [0, 0.05) is 24.7 Å². The molecule has 4 heteroatoms. The number of aliphatic hydroxyl groups is 1. The van der Waals surface area contributed by atoms with E-state index in [-0.39, 0.29) is 12.0 Å². The second kappa shape index (κ2) is 5.86. The van der Waals surface area contributed by atoms with Crippen molar-refractivity contribution in [3.63, 3.8) is 0 Å². The van der Waals surface area contributed by atoms with E-state index in [9.17, 15) is 5.11 Å². The second-order valence-electron chi connectivity index (χ2n) is 5.85. The van der Waals surface area contributed by atoms with Crippen LogP contribution in [0.1, 0.15) is 12.0 Å². The zero-order valence-electron chi connectivity index (χ0n) is 11.5. The lowest BCUT2D eigenvalue weighted by molar-refractivity contribution is -0.147. The van der Waals surface area contributed by atoms with Crippen LogP contribution in [-0.2, 0) is 4.74 Å². The minimum absolute atomic E-state index is 0.0320. The molecule has 108 valence electrons. The highest BCUT2D eigenvalue weighted by atomic mass is 35.5. The smallest absolute Gasteiger partial charge is 0.0579 e. The second-order valence-corrected chi connectivity index (χ2v) is 6.25. The molecule has 0 unspecified atom stereocenters. The number of rotatable bonds is 4. The van der Waals surface area contributed by atoms with Gasteiger partial charge in [0.15, 0.2) is 0 Å². The van der Waals surface area contributed by atoms with E-state index in [2.05, 4.69) is 17.0 Å². The van der Waals surface area contributed by atoms with Crippen LogP contribution < -0.4 is 0 Å². The van der Waals surface area contributed by atoms with Crippen molar-refractivity contribution in [2.45, 2.75) is 6.42 Å². The Morgan fingerprint density at radius 3 is 2.65 bits per heavy atom. The molecule has 1 aromatic rings. The van der Waals surface area contributed by atoms with Gasteiger partial charge in [-0.3, -0.25) is 4.90 Å². The van der Waals surface area contributed by atoms with E-state index in [1.54, 1.807) is 0 Å². The summed E-state index contributed by atoms with van der Waals surface area (Å²) in [6.07, 6.45) is 3.27. The SMILES string of the molecule is OCC1(CN2CC=C(c3ccccc3Cl)CC2)COC1. The highest BCUT2D eigenvalue weighted by Gasteiger charge is 2.39. The molecule has 0 saturated carbocycles. The van der Waals surface area contributed by atoms with Crippen LogP contribution in [0.4, 0.5) is 0 Å². The Hall–Kier alpha value is -0.870. The molecule has 0 bridgehead atoms. The molecule has 1 saturated heterocycles. The van der Waals surface area contributed by atoms with Gasteiger partial charge in [0.2, 0.25) is 0 Å². The first-order valence-electron chi connectivity index (χ1n) is 7.07. The molecule has 0 amide bonds. The van der Waals surface area contributed by atoms with Crippen LogP contribution in [0.15, 0.2) is 30.3 Å². The molecular weight excluding hydrogens is 274 g/mol. The van der Waals surface area contributed by atoms with Crippen LogP contribution in [0.5, 0.6) is 0 Å². The van der Waals surface area contributed by atoms with Crippen molar-refractivity contribution in [1.82, 2.24) is 4.90 Å². The third-order valence-corrected chi connectivity index (χ3v) is 4.55. The van der Waals surface area contributed by atoms with Crippen LogP contribution in [0.2, 0.25) is 5.02 Å². The first-order chi connectivity index (χ1) is 9.72. The summed E-state index contributed by atoms with van der Waals surface area (Å²) < 4.78 is 5.26. The minimum atomic E-state index is -0.0320. The molecule has 3 nitrogen and oxygen atoms in total. The van der Waals surface area contributed by atoms with Gasteiger partial charge in [-0.2, -0.15) is 0 Å². The van der Waals surface area contributed by atoms with E-state index < -0.39 is 0 Å². The van der Waals surface area contributed by atoms with Crippen molar-refractivity contribution >= 4 is 17.2 Å². The van der Waals surface area contributed by atoms with E-state index in [1.807, 2.05) is 18.2 Å². The van der Waals surface area contributed by atoms with Gasteiger partial charge in [-0.05, 0) is 23.6 Å². The number of halogens is 1. The first kappa shape index (κ1) is 14.1. The Morgan fingerprint density at radius 2 is 2.10 bits per heavy atom. The Balaban J connectivity index is 1.65. The highest BCUT2D eigenvalue weighted by Crippen LogP contribution is 2.31. The molecule has 0 radical (unpaired) electrons. The van der Waals surface area contributed by atoms with E-state index >= 15 is 0 Å². The zero-order chi connectivity index (χ0) is 14.0. The summed E-state index contributed by atoms with van der Waals surface area (Å²) in [7, 11) is 0. The van der Waals surface area contributed by atoms with Gasteiger partial charge in [0.25, 0.3) is 0 Å². The summed E-state index contributed by atoms with van der Waals surface area (Å²) >= 11 is 6.25. The maximum absolute atomic E-state index is 9.49. The summed E-state index contributed by atoms with van der Waals surface area (Å²) in [6.45, 7) is 4.42. The first-order valence-corrected chi connectivity index (χ1v) is 7.45. The maximum Gasteiger partial charge on any atom is 0.0579 e. The molecule has 3 rings (SSSR count). The Morgan fingerprint density at radius 1 is 1.30 bits per heavy atom. The minimum Gasteiger partial charge on any atom is -0.396 e. The van der Waals surface area contributed by atoms with Crippen LogP contribution in [0.25, 0.3) is 5.57 Å². The fourth-order valence-corrected chi connectivity index (χ4v) is 3.18.